The van der Waals surface area contributed by atoms with Gasteiger partial charge in [0, 0.05) is 31.7 Å². The third kappa shape index (κ3) is 3.30. The number of hydrogen-bond acceptors (Lipinski definition) is 5. The van der Waals surface area contributed by atoms with Crippen molar-refractivity contribution in [1.82, 2.24) is 15.3 Å². The Bertz CT molecular complexity index is 612. The van der Waals surface area contributed by atoms with E-state index in [1.54, 1.807) is 12.4 Å². The third-order valence-corrected chi connectivity index (χ3v) is 3.01. The van der Waals surface area contributed by atoms with Crippen molar-refractivity contribution in [2.45, 2.75) is 20.0 Å². The maximum Gasteiger partial charge on any atom is 0.189 e. The fourth-order valence-electron chi connectivity index (χ4n) is 1.89. The Hall–Kier alpha value is -2.47. The first-order valence-corrected chi connectivity index (χ1v) is 6.24. The van der Waals surface area contributed by atoms with Gasteiger partial charge in [-0.1, -0.05) is 11.2 Å². The summed E-state index contributed by atoms with van der Waals surface area (Å²) in [6.45, 7) is 3.33. The van der Waals surface area contributed by atoms with E-state index in [1.807, 2.05) is 31.3 Å². The zero-order valence-corrected chi connectivity index (χ0v) is 11.2. The Labute approximate surface area is 117 Å². The first-order chi connectivity index (χ1) is 9.72. The molecule has 0 unspecified atom stereocenters. The summed E-state index contributed by atoms with van der Waals surface area (Å²) in [4.78, 5) is 8.19. The van der Waals surface area contributed by atoms with Gasteiger partial charge in [-0.15, -0.1) is 0 Å². The second kappa shape index (κ2) is 6.63. The molecule has 0 amide bonds. The summed E-state index contributed by atoms with van der Waals surface area (Å²) >= 11 is 0. The smallest absolute Gasteiger partial charge is 0.189 e. The number of aryl methyl sites for hydroxylation is 1. The zero-order chi connectivity index (χ0) is 14.4. The van der Waals surface area contributed by atoms with Crippen LogP contribution < -0.4 is 11.1 Å². The molecule has 0 aliphatic heterocycles. The Balaban J connectivity index is 2.03. The number of nitrogens with two attached hydrogens (primary N) is 1. The molecule has 104 valence electrons. The van der Waals surface area contributed by atoms with E-state index in [1.165, 1.54) is 5.56 Å². The van der Waals surface area contributed by atoms with Crippen LogP contribution in [0.25, 0.3) is 0 Å². The number of nitrogens with one attached hydrogen (secondary N) is 1. The molecule has 0 radical (unpaired) electrons. The van der Waals surface area contributed by atoms with Gasteiger partial charge in [0.1, 0.15) is 5.69 Å². The van der Waals surface area contributed by atoms with Gasteiger partial charge in [-0.25, -0.2) is 0 Å². The molecule has 0 aromatic carbocycles. The van der Waals surface area contributed by atoms with Crippen LogP contribution in [0.3, 0.4) is 0 Å². The molecule has 6 nitrogen and oxygen atoms in total. The zero-order valence-electron chi connectivity index (χ0n) is 11.2. The van der Waals surface area contributed by atoms with Crippen LogP contribution in [0.4, 0.5) is 0 Å². The van der Waals surface area contributed by atoms with E-state index < -0.39 is 0 Å². The molecule has 0 fully saturated rings. The second-order valence-corrected chi connectivity index (χ2v) is 4.40. The summed E-state index contributed by atoms with van der Waals surface area (Å²) in [6, 6.07) is 5.70. The maximum absolute atomic E-state index is 8.75. The quantitative estimate of drug-likeness (QED) is 0.328. The van der Waals surface area contributed by atoms with Crippen LogP contribution >= 0.6 is 0 Å². The number of oxime groups is 1. The van der Waals surface area contributed by atoms with Crippen molar-refractivity contribution in [3.63, 3.8) is 0 Å². The number of hydrogen-bond donors (Lipinski definition) is 3. The molecule has 2 aromatic rings. The van der Waals surface area contributed by atoms with Gasteiger partial charge in [-0.05, 0) is 35.7 Å². The van der Waals surface area contributed by atoms with Crippen molar-refractivity contribution >= 4 is 5.84 Å². The van der Waals surface area contributed by atoms with E-state index in [2.05, 4.69) is 20.4 Å². The largest absolute Gasteiger partial charge is 0.409 e. The highest BCUT2D eigenvalue weighted by atomic mass is 16.4. The van der Waals surface area contributed by atoms with Crippen molar-refractivity contribution in [1.29, 1.82) is 0 Å². The lowest BCUT2D eigenvalue weighted by Crippen LogP contribution is -2.21. The summed E-state index contributed by atoms with van der Waals surface area (Å²) in [5.41, 5.74) is 9.31. The molecule has 0 bridgehead atoms. The van der Waals surface area contributed by atoms with E-state index in [0.717, 1.165) is 17.7 Å². The van der Waals surface area contributed by atoms with Crippen LogP contribution in [0.5, 0.6) is 0 Å². The van der Waals surface area contributed by atoms with Crippen LogP contribution in [0.1, 0.15) is 22.4 Å². The molecule has 2 heterocycles. The van der Waals surface area contributed by atoms with E-state index in [4.69, 9.17) is 10.9 Å². The standard InChI is InChI=1S/C14H17N5O/c1-10-7-16-6-4-11(10)8-17-9-12-3-2-5-18-13(12)14(15)19-20/h2-7,17,20H,8-9H2,1H3,(H2,15,19). The minimum Gasteiger partial charge on any atom is -0.409 e. The maximum atomic E-state index is 8.75. The molecule has 2 aromatic heterocycles. The molecule has 0 saturated heterocycles. The summed E-state index contributed by atoms with van der Waals surface area (Å²) in [5.74, 6) is 0.0162. The first kappa shape index (κ1) is 14.0. The summed E-state index contributed by atoms with van der Waals surface area (Å²) in [6.07, 6.45) is 5.22. The molecule has 6 heteroatoms. The minimum atomic E-state index is 0.0162. The normalized spacial score (nSPS) is 11.6. The molecular weight excluding hydrogens is 254 g/mol. The summed E-state index contributed by atoms with van der Waals surface area (Å²) in [7, 11) is 0. The van der Waals surface area contributed by atoms with Crippen LogP contribution in [-0.4, -0.2) is 21.0 Å². The Kier molecular flexibility index (Phi) is 4.62. The van der Waals surface area contributed by atoms with Crippen molar-refractivity contribution in [2.75, 3.05) is 0 Å². The predicted molar refractivity (Wildman–Crippen MR) is 76.3 cm³/mol. The van der Waals surface area contributed by atoms with E-state index in [-0.39, 0.29) is 5.84 Å². The van der Waals surface area contributed by atoms with Gasteiger partial charge in [0.2, 0.25) is 0 Å². The third-order valence-electron chi connectivity index (χ3n) is 3.01. The summed E-state index contributed by atoms with van der Waals surface area (Å²) in [5, 5.41) is 15.1. The van der Waals surface area contributed by atoms with Gasteiger partial charge < -0.3 is 16.3 Å². The van der Waals surface area contributed by atoms with Crippen molar-refractivity contribution in [3.05, 3.63) is 59.2 Å². The van der Waals surface area contributed by atoms with E-state index in [0.29, 0.717) is 12.2 Å². The minimum absolute atomic E-state index is 0.0162. The highest BCUT2D eigenvalue weighted by Gasteiger charge is 2.07. The molecule has 2 rings (SSSR count). The average molecular weight is 271 g/mol. The van der Waals surface area contributed by atoms with Crippen LogP contribution in [-0.2, 0) is 13.1 Å². The Morgan fingerprint density at radius 1 is 1.30 bits per heavy atom. The van der Waals surface area contributed by atoms with E-state index >= 15 is 0 Å². The van der Waals surface area contributed by atoms with Crippen LogP contribution in [0.15, 0.2) is 41.9 Å². The number of pyridine rings is 2. The molecular formula is C14H17N5O. The van der Waals surface area contributed by atoms with Crippen LogP contribution in [0, 0.1) is 6.92 Å². The number of amidine groups is 1. The monoisotopic (exact) mass is 271 g/mol. The Morgan fingerprint density at radius 3 is 2.85 bits per heavy atom. The SMILES string of the molecule is Cc1cnccc1CNCc1cccnc1/C(N)=N/O. The van der Waals surface area contributed by atoms with Gasteiger partial charge >= 0.3 is 0 Å². The molecule has 20 heavy (non-hydrogen) atoms. The first-order valence-electron chi connectivity index (χ1n) is 6.24. The number of rotatable bonds is 5. The van der Waals surface area contributed by atoms with Crippen molar-refractivity contribution in [3.8, 4) is 0 Å². The van der Waals surface area contributed by atoms with Gasteiger partial charge in [0.05, 0.1) is 0 Å². The molecule has 0 saturated carbocycles. The van der Waals surface area contributed by atoms with Gasteiger partial charge in [0.25, 0.3) is 0 Å². The Morgan fingerprint density at radius 2 is 2.10 bits per heavy atom. The van der Waals surface area contributed by atoms with Crippen molar-refractivity contribution in [2.24, 2.45) is 10.9 Å². The number of aromatic nitrogens is 2. The molecule has 0 aliphatic carbocycles. The highest BCUT2D eigenvalue weighted by Crippen LogP contribution is 2.07. The molecule has 0 aliphatic rings. The lowest BCUT2D eigenvalue weighted by Gasteiger charge is -2.09. The lowest BCUT2D eigenvalue weighted by atomic mass is 10.1. The fourth-order valence-corrected chi connectivity index (χ4v) is 1.89. The second-order valence-electron chi connectivity index (χ2n) is 4.40. The lowest BCUT2D eigenvalue weighted by molar-refractivity contribution is 0.318. The fraction of sp³-hybridized carbons (Fsp3) is 0.214. The van der Waals surface area contributed by atoms with Gasteiger partial charge in [-0.2, -0.15) is 0 Å². The van der Waals surface area contributed by atoms with Gasteiger partial charge in [0.15, 0.2) is 5.84 Å². The molecule has 0 atom stereocenters. The van der Waals surface area contributed by atoms with Gasteiger partial charge in [-0.3, -0.25) is 9.97 Å². The van der Waals surface area contributed by atoms with E-state index in [9.17, 15) is 0 Å². The van der Waals surface area contributed by atoms with Crippen molar-refractivity contribution < 1.29 is 5.21 Å². The summed E-state index contributed by atoms with van der Waals surface area (Å²) < 4.78 is 0. The highest BCUT2D eigenvalue weighted by molar-refractivity contribution is 5.96. The van der Waals surface area contributed by atoms with Crippen LogP contribution in [0.2, 0.25) is 0 Å². The molecule has 4 N–H and O–H groups in total. The predicted octanol–water partition coefficient (Wildman–Crippen LogP) is 1.17. The average Bonchev–Trinajstić information content (AvgIpc) is 2.49. The molecule has 0 spiro atoms. The number of nitrogens with zero attached hydrogens (tertiary/aromatic N) is 3. The topological polar surface area (TPSA) is 96.4 Å².